The molecule has 0 radical (unpaired) electrons. The van der Waals surface area contributed by atoms with E-state index >= 15 is 0 Å². The fourth-order valence-corrected chi connectivity index (χ4v) is 2.73. The number of ether oxygens (including phenoxy) is 1. The summed E-state index contributed by atoms with van der Waals surface area (Å²) < 4.78 is 5.03. The molecule has 1 aliphatic rings. The molecule has 0 atom stereocenters. The van der Waals surface area contributed by atoms with Crippen LogP contribution in [0.5, 0.6) is 5.88 Å². The number of pyridine rings is 1. The van der Waals surface area contributed by atoms with Crippen LogP contribution in [0.3, 0.4) is 0 Å². The maximum Gasteiger partial charge on any atom is 0.270 e. The molecule has 1 heterocycles. The second-order valence-electron chi connectivity index (χ2n) is 5.69. The molecule has 2 rings (SSSR count). The normalized spacial score (nSPS) is 20.6. The Morgan fingerprint density at radius 2 is 1.87 bits per heavy atom. The lowest BCUT2D eigenvalue weighted by molar-refractivity contribution is -0.121. The Morgan fingerprint density at radius 1 is 1.22 bits per heavy atom. The minimum Gasteiger partial charge on any atom is -0.481 e. The summed E-state index contributed by atoms with van der Waals surface area (Å²) in [5, 5.41) is 5.98. The van der Waals surface area contributed by atoms with E-state index in [0.29, 0.717) is 24.5 Å². The Kier molecular flexibility index (Phi) is 6.34. The molecule has 1 aliphatic carbocycles. The summed E-state index contributed by atoms with van der Waals surface area (Å²) in [4.78, 5) is 27.9. The minimum absolute atomic E-state index is 0.000524. The van der Waals surface area contributed by atoms with E-state index in [1.54, 1.807) is 18.2 Å². The number of nitrogens with zero attached hydrogens (tertiary/aromatic N) is 1. The molecular formula is C16H24N4O3. The monoisotopic (exact) mass is 320 g/mol. The van der Waals surface area contributed by atoms with Crippen molar-refractivity contribution in [2.24, 2.45) is 5.73 Å². The summed E-state index contributed by atoms with van der Waals surface area (Å²) in [6.45, 7) is 0.366. The van der Waals surface area contributed by atoms with E-state index in [4.69, 9.17) is 10.5 Å². The van der Waals surface area contributed by atoms with Gasteiger partial charge in [-0.3, -0.25) is 9.59 Å². The topological polar surface area (TPSA) is 106 Å². The largest absolute Gasteiger partial charge is 0.481 e. The van der Waals surface area contributed by atoms with Crippen molar-refractivity contribution >= 4 is 11.8 Å². The summed E-state index contributed by atoms with van der Waals surface area (Å²) >= 11 is 0. The van der Waals surface area contributed by atoms with Gasteiger partial charge in [0, 0.05) is 31.1 Å². The number of carbonyl (C=O) groups excluding carboxylic acids is 2. The molecule has 0 saturated heterocycles. The van der Waals surface area contributed by atoms with Gasteiger partial charge in [0.05, 0.1) is 7.11 Å². The third kappa shape index (κ3) is 5.21. The Bertz CT molecular complexity index is 542. The van der Waals surface area contributed by atoms with Gasteiger partial charge in [-0.1, -0.05) is 6.07 Å². The van der Waals surface area contributed by atoms with Crippen molar-refractivity contribution in [2.45, 2.75) is 44.2 Å². The van der Waals surface area contributed by atoms with Crippen molar-refractivity contribution in [2.75, 3.05) is 13.7 Å². The van der Waals surface area contributed by atoms with Crippen LogP contribution in [0.15, 0.2) is 18.2 Å². The lowest BCUT2D eigenvalue weighted by Gasteiger charge is -2.29. The number of nitrogens with one attached hydrogen (secondary N) is 2. The molecule has 0 unspecified atom stereocenters. The van der Waals surface area contributed by atoms with Gasteiger partial charge in [-0.25, -0.2) is 4.98 Å². The fourth-order valence-electron chi connectivity index (χ4n) is 2.73. The molecule has 1 aromatic heterocycles. The van der Waals surface area contributed by atoms with E-state index in [1.807, 2.05) is 0 Å². The van der Waals surface area contributed by atoms with E-state index in [0.717, 1.165) is 25.7 Å². The number of carbonyl (C=O) groups is 2. The average molecular weight is 320 g/mol. The number of nitrogens with two attached hydrogens (primary N) is 1. The second kappa shape index (κ2) is 8.47. The highest BCUT2D eigenvalue weighted by molar-refractivity contribution is 5.92. The molecule has 2 amide bonds. The van der Waals surface area contributed by atoms with Crippen LogP contribution >= 0.6 is 0 Å². The third-order valence-electron chi connectivity index (χ3n) is 3.96. The van der Waals surface area contributed by atoms with Gasteiger partial charge in [0.2, 0.25) is 11.8 Å². The minimum atomic E-state index is -0.195. The van der Waals surface area contributed by atoms with Crippen LogP contribution in [0.4, 0.5) is 0 Å². The third-order valence-corrected chi connectivity index (χ3v) is 3.96. The molecule has 0 bridgehead atoms. The SMILES string of the molecule is COc1cccc(C(=O)N[C@H]2CC[C@H](NC(=O)CCN)CC2)n1. The molecule has 7 heteroatoms. The fraction of sp³-hybridized carbons (Fsp3) is 0.562. The van der Waals surface area contributed by atoms with Gasteiger partial charge in [0.1, 0.15) is 5.69 Å². The van der Waals surface area contributed by atoms with Crippen molar-refractivity contribution in [3.05, 3.63) is 23.9 Å². The smallest absolute Gasteiger partial charge is 0.270 e. The molecule has 1 saturated carbocycles. The van der Waals surface area contributed by atoms with Gasteiger partial charge in [0.15, 0.2) is 0 Å². The highest BCUT2D eigenvalue weighted by Crippen LogP contribution is 2.19. The van der Waals surface area contributed by atoms with E-state index in [1.165, 1.54) is 7.11 Å². The number of aromatic nitrogens is 1. The lowest BCUT2D eigenvalue weighted by atomic mass is 9.91. The Labute approximate surface area is 136 Å². The van der Waals surface area contributed by atoms with Crippen LogP contribution in [-0.4, -0.2) is 42.5 Å². The van der Waals surface area contributed by atoms with Gasteiger partial charge in [-0.2, -0.15) is 0 Å². The van der Waals surface area contributed by atoms with Crippen molar-refractivity contribution in [1.29, 1.82) is 0 Å². The first-order valence-corrected chi connectivity index (χ1v) is 7.93. The van der Waals surface area contributed by atoms with E-state index < -0.39 is 0 Å². The van der Waals surface area contributed by atoms with Crippen molar-refractivity contribution in [1.82, 2.24) is 15.6 Å². The summed E-state index contributed by atoms with van der Waals surface area (Å²) in [6.07, 6.45) is 3.74. The standard InChI is InChI=1S/C16H24N4O3/c1-23-15-4-2-3-13(20-15)16(22)19-12-7-5-11(6-8-12)18-14(21)9-10-17/h2-4,11-12H,5-10,17H2,1H3,(H,18,21)(H,19,22)/t11-,12-. The number of hydrogen-bond donors (Lipinski definition) is 3. The highest BCUT2D eigenvalue weighted by Gasteiger charge is 2.24. The van der Waals surface area contributed by atoms with Crippen molar-refractivity contribution in [3.63, 3.8) is 0 Å². The maximum atomic E-state index is 12.2. The van der Waals surface area contributed by atoms with Gasteiger partial charge in [-0.15, -0.1) is 0 Å². The Hall–Kier alpha value is -2.15. The number of methoxy groups -OCH3 is 1. The van der Waals surface area contributed by atoms with Gasteiger partial charge in [-0.05, 0) is 31.7 Å². The van der Waals surface area contributed by atoms with Crippen molar-refractivity contribution in [3.8, 4) is 5.88 Å². The Morgan fingerprint density at radius 3 is 2.48 bits per heavy atom. The quantitative estimate of drug-likeness (QED) is 0.711. The molecule has 0 aliphatic heterocycles. The number of rotatable bonds is 6. The molecule has 7 nitrogen and oxygen atoms in total. The number of hydrogen-bond acceptors (Lipinski definition) is 5. The van der Waals surface area contributed by atoms with Crippen LogP contribution in [0.25, 0.3) is 0 Å². The van der Waals surface area contributed by atoms with Crippen LogP contribution in [0, 0.1) is 0 Å². The van der Waals surface area contributed by atoms with Gasteiger partial charge < -0.3 is 21.1 Å². The zero-order chi connectivity index (χ0) is 16.7. The lowest BCUT2D eigenvalue weighted by Crippen LogP contribution is -2.44. The summed E-state index contributed by atoms with van der Waals surface area (Å²) in [5.41, 5.74) is 5.71. The molecule has 0 aromatic carbocycles. The zero-order valence-corrected chi connectivity index (χ0v) is 13.4. The molecule has 126 valence electrons. The first-order valence-electron chi connectivity index (χ1n) is 7.93. The summed E-state index contributed by atoms with van der Waals surface area (Å²) in [6, 6.07) is 5.39. The molecule has 0 spiro atoms. The van der Waals surface area contributed by atoms with Crippen LogP contribution in [0.1, 0.15) is 42.6 Å². The van der Waals surface area contributed by atoms with E-state index in [9.17, 15) is 9.59 Å². The average Bonchev–Trinajstić information content (AvgIpc) is 2.57. The van der Waals surface area contributed by atoms with Crippen molar-refractivity contribution < 1.29 is 14.3 Å². The molecule has 1 fully saturated rings. The maximum absolute atomic E-state index is 12.2. The number of amides is 2. The first-order chi connectivity index (χ1) is 11.1. The van der Waals surface area contributed by atoms with Crippen LogP contribution in [-0.2, 0) is 4.79 Å². The van der Waals surface area contributed by atoms with Gasteiger partial charge in [0.25, 0.3) is 5.91 Å². The molecule has 23 heavy (non-hydrogen) atoms. The predicted octanol–water partition coefficient (Wildman–Crippen LogP) is 0.596. The summed E-state index contributed by atoms with van der Waals surface area (Å²) in [7, 11) is 1.52. The van der Waals surface area contributed by atoms with E-state index in [-0.39, 0.29) is 23.9 Å². The molecule has 1 aromatic rings. The molecular weight excluding hydrogens is 296 g/mol. The first kappa shape index (κ1) is 17.2. The van der Waals surface area contributed by atoms with Crippen LogP contribution < -0.4 is 21.1 Å². The van der Waals surface area contributed by atoms with Crippen LogP contribution in [0.2, 0.25) is 0 Å². The van der Waals surface area contributed by atoms with Gasteiger partial charge >= 0.3 is 0 Å². The van der Waals surface area contributed by atoms with E-state index in [2.05, 4.69) is 15.6 Å². The molecule has 4 N–H and O–H groups in total. The highest BCUT2D eigenvalue weighted by atomic mass is 16.5. The second-order valence-corrected chi connectivity index (χ2v) is 5.69. The predicted molar refractivity (Wildman–Crippen MR) is 86.1 cm³/mol. The zero-order valence-electron chi connectivity index (χ0n) is 13.4. The summed E-state index contributed by atoms with van der Waals surface area (Å²) in [5.74, 6) is 0.226. The Balaban J connectivity index is 1.79.